The van der Waals surface area contributed by atoms with E-state index in [0.29, 0.717) is 18.1 Å². The smallest absolute Gasteiger partial charge is 0.326 e. The molecule has 1 unspecified atom stereocenters. The van der Waals surface area contributed by atoms with Gasteiger partial charge in [-0.2, -0.15) is 0 Å². The van der Waals surface area contributed by atoms with Gasteiger partial charge in [-0.3, -0.25) is 4.79 Å². The van der Waals surface area contributed by atoms with Crippen molar-refractivity contribution in [3.63, 3.8) is 0 Å². The lowest BCUT2D eigenvalue weighted by atomic mass is 9.75. The molecule has 0 radical (unpaired) electrons. The number of likely N-dealkylation sites (N-methyl/N-ethyl adjacent to an activating group) is 1. The second kappa shape index (κ2) is 7.59. The molecule has 0 saturated heterocycles. The molecule has 1 aliphatic rings. The Kier molecular flexibility index (Phi) is 6.67. The van der Waals surface area contributed by atoms with Gasteiger partial charge < -0.3 is 15.0 Å². The SMILES string of the molecule is CCOC(=O)C(C)(CCN(C)C1CCC(C)(C)CC1)NC. The Bertz CT molecular complexity index is 334. The summed E-state index contributed by atoms with van der Waals surface area (Å²) in [5.74, 6) is -0.148. The van der Waals surface area contributed by atoms with Crippen molar-refractivity contribution in [1.29, 1.82) is 0 Å². The van der Waals surface area contributed by atoms with Gasteiger partial charge in [0.2, 0.25) is 0 Å². The molecule has 1 fully saturated rings. The molecule has 0 aromatic heterocycles. The fourth-order valence-corrected chi connectivity index (χ4v) is 3.03. The Morgan fingerprint density at radius 2 is 1.95 bits per heavy atom. The van der Waals surface area contributed by atoms with E-state index in [1.165, 1.54) is 25.7 Å². The lowest BCUT2D eigenvalue weighted by Gasteiger charge is -2.39. The summed E-state index contributed by atoms with van der Waals surface area (Å²) in [6, 6.07) is 0.654. The Morgan fingerprint density at radius 3 is 2.43 bits per heavy atom. The van der Waals surface area contributed by atoms with E-state index in [-0.39, 0.29) is 5.97 Å². The molecule has 1 aliphatic carbocycles. The van der Waals surface area contributed by atoms with Crippen LogP contribution in [0.25, 0.3) is 0 Å². The molecule has 1 atom stereocenters. The molecule has 0 aromatic rings. The number of nitrogens with zero attached hydrogens (tertiary/aromatic N) is 1. The normalized spacial score (nSPS) is 22.0. The summed E-state index contributed by atoms with van der Waals surface area (Å²) in [7, 11) is 4.02. The van der Waals surface area contributed by atoms with Gasteiger partial charge in [-0.25, -0.2) is 0 Å². The van der Waals surface area contributed by atoms with Crippen LogP contribution in [0.5, 0.6) is 0 Å². The van der Waals surface area contributed by atoms with Crippen molar-refractivity contribution in [3.05, 3.63) is 0 Å². The minimum absolute atomic E-state index is 0.148. The van der Waals surface area contributed by atoms with Gasteiger partial charge in [0.1, 0.15) is 5.54 Å². The van der Waals surface area contributed by atoms with Crippen molar-refractivity contribution in [2.75, 3.05) is 27.2 Å². The van der Waals surface area contributed by atoms with Crippen molar-refractivity contribution < 1.29 is 9.53 Å². The molecule has 124 valence electrons. The average Bonchev–Trinajstić information content (AvgIpc) is 2.44. The topological polar surface area (TPSA) is 41.6 Å². The quantitative estimate of drug-likeness (QED) is 0.734. The summed E-state index contributed by atoms with van der Waals surface area (Å²) in [6.45, 7) is 9.86. The summed E-state index contributed by atoms with van der Waals surface area (Å²) in [6.07, 6.45) is 5.89. The third-order valence-corrected chi connectivity index (χ3v) is 5.17. The van der Waals surface area contributed by atoms with Crippen LogP contribution in [0.1, 0.15) is 59.8 Å². The monoisotopic (exact) mass is 298 g/mol. The highest BCUT2D eigenvalue weighted by molar-refractivity contribution is 5.80. The van der Waals surface area contributed by atoms with E-state index in [4.69, 9.17) is 4.74 Å². The zero-order chi connectivity index (χ0) is 16.1. The second-order valence-electron chi connectivity index (χ2n) is 7.43. The maximum absolute atomic E-state index is 12.1. The summed E-state index contributed by atoms with van der Waals surface area (Å²) in [5.41, 5.74) is -0.0834. The number of carbonyl (C=O) groups is 1. The van der Waals surface area contributed by atoms with E-state index in [9.17, 15) is 4.79 Å². The first-order valence-corrected chi connectivity index (χ1v) is 8.30. The van der Waals surface area contributed by atoms with Gasteiger partial charge in [0.25, 0.3) is 0 Å². The highest BCUT2D eigenvalue weighted by Crippen LogP contribution is 2.36. The Morgan fingerprint density at radius 1 is 1.38 bits per heavy atom. The van der Waals surface area contributed by atoms with E-state index in [1.807, 2.05) is 20.9 Å². The van der Waals surface area contributed by atoms with Crippen LogP contribution in [0.3, 0.4) is 0 Å². The summed E-state index contributed by atoms with van der Waals surface area (Å²) < 4.78 is 5.18. The van der Waals surface area contributed by atoms with Gasteiger partial charge in [-0.05, 0) is 65.5 Å². The number of ether oxygens (including phenoxy) is 1. The van der Waals surface area contributed by atoms with Gasteiger partial charge in [0.15, 0.2) is 0 Å². The fourth-order valence-electron chi connectivity index (χ4n) is 3.03. The van der Waals surface area contributed by atoms with E-state index in [2.05, 4.69) is 31.1 Å². The second-order valence-corrected chi connectivity index (χ2v) is 7.43. The summed E-state index contributed by atoms with van der Waals surface area (Å²) in [4.78, 5) is 14.5. The van der Waals surface area contributed by atoms with Crippen molar-refractivity contribution in [2.45, 2.75) is 71.4 Å². The minimum Gasteiger partial charge on any atom is -0.465 e. The van der Waals surface area contributed by atoms with Crippen molar-refractivity contribution in [3.8, 4) is 0 Å². The minimum atomic E-state index is -0.585. The van der Waals surface area contributed by atoms with E-state index >= 15 is 0 Å². The molecule has 4 nitrogen and oxygen atoms in total. The van der Waals surface area contributed by atoms with E-state index in [1.54, 1.807) is 0 Å². The lowest BCUT2D eigenvalue weighted by Crippen LogP contribution is -2.51. The van der Waals surface area contributed by atoms with Crippen LogP contribution in [0, 0.1) is 5.41 Å². The highest BCUT2D eigenvalue weighted by Gasteiger charge is 2.34. The van der Waals surface area contributed by atoms with Crippen LogP contribution in [0.4, 0.5) is 0 Å². The van der Waals surface area contributed by atoms with Crippen molar-refractivity contribution >= 4 is 5.97 Å². The number of nitrogens with one attached hydrogen (secondary N) is 1. The molecule has 0 spiro atoms. The molecular formula is C17H34N2O2. The third kappa shape index (κ3) is 5.26. The molecule has 4 heteroatoms. The van der Waals surface area contributed by atoms with Crippen molar-refractivity contribution in [2.24, 2.45) is 5.41 Å². The zero-order valence-corrected chi connectivity index (χ0v) is 14.8. The first kappa shape index (κ1) is 18.4. The summed E-state index contributed by atoms with van der Waals surface area (Å²) >= 11 is 0. The van der Waals surface area contributed by atoms with Crippen LogP contribution in [-0.4, -0.2) is 49.7 Å². The Balaban J connectivity index is 2.47. The molecule has 0 heterocycles. The largest absolute Gasteiger partial charge is 0.465 e. The van der Waals surface area contributed by atoms with Gasteiger partial charge in [-0.15, -0.1) is 0 Å². The molecular weight excluding hydrogens is 264 g/mol. The van der Waals surface area contributed by atoms with Crippen molar-refractivity contribution in [1.82, 2.24) is 10.2 Å². The maximum Gasteiger partial charge on any atom is 0.326 e. The number of hydrogen-bond donors (Lipinski definition) is 1. The predicted molar refractivity (Wildman–Crippen MR) is 87.4 cm³/mol. The standard InChI is InChI=1S/C17H34N2O2/c1-7-21-15(20)17(4,18-5)12-13-19(6)14-8-10-16(2,3)11-9-14/h14,18H,7-13H2,1-6H3. The van der Waals surface area contributed by atoms with E-state index in [0.717, 1.165) is 13.0 Å². The number of hydrogen-bond acceptors (Lipinski definition) is 4. The first-order valence-electron chi connectivity index (χ1n) is 8.30. The van der Waals surface area contributed by atoms with Crippen LogP contribution >= 0.6 is 0 Å². The Labute approximate surface area is 130 Å². The number of rotatable bonds is 7. The zero-order valence-electron chi connectivity index (χ0n) is 14.8. The molecule has 0 aromatic carbocycles. The van der Waals surface area contributed by atoms with Crippen LogP contribution in [-0.2, 0) is 9.53 Å². The fraction of sp³-hybridized carbons (Fsp3) is 0.941. The van der Waals surface area contributed by atoms with Gasteiger partial charge in [0.05, 0.1) is 6.61 Å². The maximum atomic E-state index is 12.1. The van der Waals surface area contributed by atoms with Gasteiger partial charge in [0, 0.05) is 12.6 Å². The molecule has 0 bridgehead atoms. The molecule has 1 rings (SSSR count). The summed E-state index contributed by atoms with van der Waals surface area (Å²) in [5, 5.41) is 3.13. The first-order chi connectivity index (χ1) is 9.74. The van der Waals surface area contributed by atoms with Gasteiger partial charge in [-0.1, -0.05) is 13.8 Å². The third-order valence-electron chi connectivity index (χ3n) is 5.17. The molecule has 0 amide bonds. The predicted octanol–water partition coefficient (Wildman–Crippen LogP) is 2.82. The molecule has 1 N–H and O–H groups in total. The average molecular weight is 298 g/mol. The van der Waals surface area contributed by atoms with Crippen LogP contribution in [0.15, 0.2) is 0 Å². The molecule has 1 saturated carbocycles. The van der Waals surface area contributed by atoms with Crippen LogP contribution < -0.4 is 5.32 Å². The molecule has 0 aliphatic heterocycles. The van der Waals surface area contributed by atoms with Crippen LogP contribution in [0.2, 0.25) is 0 Å². The molecule has 21 heavy (non-hydrogen) atoms. The highest BCUT2D eigenvalue weighted by atomic mass is 16.5. The van der Waals surface area contributed by atoms with E-state index < -0.39 is 5.54 Å². The number of carbonyl (C=O) groups excluding carboxylic acids is 1. The number of esters is 1. The van der Waals surface area contributed by atoms with Gasteiger partial charge >= 0.3 is 5.97 Å². The lowest BCUT2D eigenvalue weighted by molar-refractivity contribution is -0.150. The Hall–Kier alpha value is -0.610.